The number of likely N-dealkylation sites (tertiary alicyclic amines) is 1. The molecule has 2 heterocycles. The number of halogens is 1. The maximum absolute atomic E-state index is 5.68. The number of benzene rings is 1. The van der Waals surface area contributed by atoms with E-state index in [-0.39, 0.29) is 0 Å². The fourth-order valence-electron chi connectivity index (χ4n) is 3.02. The van der Waals surface area contributed by atoms with Gasteiger partial charge in [-0.05, 0) is 44.1 Å². The van der Waals surface area contributed by atoms with E-state index in [1.54, 1.807) is 0 Å². The van der Waals surface area contributed by atoms with E-state index >= 15 is 0 Å². The standard InChI is InChI=1S/C15H21BrN2O2/c1-17-9-12-3-2-4-18(12)10-11-7-14-15(8-13(11)16)20-6-5-19-14/h7-8,12,17H,2-6,9-10H2,1H3. The maximum atomic E-state index is 5.68. The fraction of sp³-hybridized carbons (Fsp3) is 0.600. The van der Waals surface area contributed by atoms with Crippen LogP contribution in [0.2, 0.25) is 0 Å². The first-order valence-electron chi connectivity index (χ1n) is 7.24. The third kappa shape index (κ3) is 2.95. The summed E-state index contributed by atoms with van der Waals surface area (Å²) in [7, 11) is 2.02. The van der Waals surface area contributed by atoms with Crippen LogP contribution in [0.5, 0.6) is 11.5 Å². The van der Waals surface area contributed by atoms with E-state index in [0.717, 1.165) is 29.1 Å². The van der Waals surface area contributed by atoms with Crippen LogP contribution in [0, 0.1) is 0 Å². The average Bonchev–Trinajstić information content (AvgIpc) is 2.87. The molecule has 1 saturated heterocycles. The first-order chi connectivity index (χ1) is 9.78. The summed E-state index contributed by atoms with van der Waals surface area (Å²) < 4.78 is 12.4. The zero-order valence-corrected chi connectivity index (χ0v) is 13.4. The van der Waals surface area contributed by atoms with Gasteiger partial charge in [0.1, 0.15) is 13.2 Å². The van der Waals surface area contributed by atoms with Crippen molar-refractivity contribution in [1.82, 2.24) is 10.2 Å². The number of likely N-dealkylation sites (N-methyl/N-ethyl adjacent to an activating group) is 1. The van der Waals surface area contributed by atoms with Crippen molar-refractivity contribution >= 4 is 15.9 Å². The van der Waals surface area contributed by atoms with Crippen LogP contribution in [0.3, 0.4) is 0 Å². The van der Waals surface area contributed by atoms with Crippen LogP contribution in [0.15, 0.2) is 16.6 Å². The van der Waals surface area contributed by atoms with Crippen LogP contribution in [-0.4, -0.2) is 44.3 Å². The zero-order valence-electron chi connectivity index (χ0n) is 11.8. The molecule has 5 heteroatoms. The number of hydrogen-bond donors (Lipinski definition) is 1. The molecule has 1 N–H and O–H groups in total. The molecule has 1 aromatic rings. The molecule has 1 unspecified atom stereocenters. The van der Waals surface area contributed by atoms with Crippen molar-refractivity contribution in [3.05, 3.63) is 22.2 Å². The molecule has 2 aliphatic rings. The highest BCUT2D eigenvalue weighted by Gasteiger charge is 2.25. The van der Waals surface area contributed by atoms with E-state index in [4.69, 9.17) is 9.47 Å². The van der Waals surface area contributed by atoms with Crippen molar-refractivity contribution in [2.75, 3.05) is 33.4 Å². The van der Waals surface area contributed by atoms with E-state index in [2.05, 4.69) is 32.2 Å². The molecule has 1 aromatic carbocycles. The number of nitrogens with one attached hydrogen (secondary N) is 1. The average molecular weight is 341 g/mol. The lowest BCUT2D eigenvalue weighted by atomic mass is 10.1. The Kier molecular flexibility index (Phi) is 4.48. The Labute approximate surface area is 128 Å². The molecule has 1 atom stereocenters. The van der Waals surface area contributed by atoms with Crippen molar-refractivity contribution in [2.45, 2.75) is 25.4 Å². The van der Waals surface area contributed by atoms with Gasteiger partial charge in [0.25, 0.3) is 0 Å². The van der Waals surface area contributed by atoms with Gasteiger partial charge in [-0.15, -0.1) is 0 Å². The minimum Gasteiger partial charge on any atom is -0.486 e. The van der Waals surface area contributed by atoms with E-state index in [1.165, 1.54) is 24.9 Å². The highest BCUT2D eigenvalue weighted by Crippen LogP contribution is 2.36. The summed E-state index contributed by atoms with van der Waals surface area (Å²) in [5.41, 5.74) is 1.28. The number of fused-ring (bicyclic) bond motifs is 1. The summed E-state index contributed by atoms with van der Waals surface area (Å²) in [6, 6.07) is 4.79. The largest absolute Gasteiger partial charge is 0.486 e. The van der Waals surface area contributed by atoms with Crippen LogP contribution in [0.25, 0.3) is 0 Å². The minimum absolute atomic E-state index is 0.634. The van der Waals surface area contributed by atoms with E-state index in [1.807, 2.05) is 13.1 Å². The fourth-order valence-corrected chi connectivity index (χ4v) is 3.46. The lowest BCUT2D eigenvalue weighted by Crippen LogP contribution is -2.36. The van der Waals surface area contributed by atoms with Crippen molar-refractivity contribution in [3.63, 3.8) is 0 Å². The Morgan fingerprint density at radius 3 is 2.80 bits per heavy atom. The van der Waals surface area contributed by atoms with Gasteiger partial charge in [-0.25, -0.2) is 0 Å². The van der Waals surface area contributed by atoms with E-state index < -0.39 is 0 Å². The smallest absolute Gasteiger partial charge is 0.162 e. The van der Waals surface area contributed by atoms with Crippen molar-refractivity contribution in [1.29, 1.82) is 0 Å². The molecule has 0 aromatic heterocycles. The number of nitrogens with zero attached hydrogens (tertiary/aromatic N) is 1. The molecule has 1 fully saturated rings. The van der Waals surface area contributed by atoms with Crippen LogP contribution in [0.4, 0.5) is 0 Å². The number of hydrogen-bond acceptors (Lipinski definition) is 4. The predicted octanol–water partition coefficient (Wildman–Crippen LogP) is 2.40. The normalized spacial score (nSPS) is 22.2. The zero-order chi connectivity index (χ0) is 13.9. The Morgan fingerprint density at radius 2 is 2.05 bits per heavy atom. The third-order valence-electron chi connectivity index (χ3n) is 4.02. The van der Waals surface area contributed by atoms with E-state index in [0.29, 0.717) is 19.3 Å². The monoisotopic (exact) mass is 340 g/mol. The predicted molar refractivity (Wildman–Crippen MR) is 82.5 cm³/mol. The first kappa shape index (κ1) is 14.2. The Bertz CT molecular complexity index is 481. The molecular weight excluding hydrogens is 320 g/mol. The van der Waals surface area contributed by atoms with Crippen LogP contribution < -0.4 is 14.8 Å². The second-order valence-corrected chi connectivity index (χ2v) is 6.27. The van der Waals surface area contributed by atoms with Crippen molar-refractivity contribution in [3.8, 4) is 11.5 Å². The number of ether oxygens (including phenoxy) is 2. The molecule has 20 heavy (non-hydrogen) atoms. The molecule has 110 valence electrons. The molecule has 0 spiro atoms. The van der Waals surface area contributed by atoms with Gasteiger partial charge < -0.3 is 14.8 Å². The second-order valence-electron chi connectivity index (χ2n) is 5.41. The molecule has 3 rings (SSSR count). The summed E-state index contributed by atoms with van der Waals surface area (Å²) in [6.45, 7) is 4.47. The quantitative estimate of drug-likeness (QED) is 0.912. The Balaban J connectivity index is 1.76. The van der Waals surface area contributed by atoms with Gasteiger partial charge >= 0.3 is 0 Å². The molecule has 0 amide bonds. The molecule has 0 saturated carbocycles. The van der Waals surface area contributed by atoms with Crippen LogP contribution in [0.1, 0.15) is 18.4 Å². The van der Waals surface area contributed by atoms with Gasteiger partial charge in [0.15, 0.2) is 11.5 Å². The molecule has 2 aliphatic heterocycles. The Morgan fingerprint density at radius 1 is 1.30 bits per heavy atom. The lowest BCUT2D eigenvalue weighted by Gasteiger charge is -2.26. The van der Waals surface area contributed by atoms with Gasteiger partial charge in [0.2, 0.25) is 0 Å². The summed E-state index contributed by atoms with van der Waals surface area (Å²) >= 11 is 3.66. The maximum Gasteiger partial charge on any atom is 0.162 e. The summed E-state index contributed by atoms with van der Waals surface area (Å²) in [4.78, 5) is 2.55. The van der Waals surface area contributed by atoms with Gasteiger partial charge in [-0.1, -0.05) is 15.9 Å². The lowest BCUT2D eigenvalue weighted by molar-refractivity contribution is 0.170. The molecule has 0 aliphatic carbocycles. The summed E-state index contributed by atoms with van der Waals surface area (Å²) in [6.07, 6.45) is 2.57. The van der Waals surface area contributed by atoms with Crippen LogP contribution >= 0.6 is 15.9 Å². The summed E-state index contributed by atoms with van der Waals surface area (Å²) in [5, 5.41) is 3.29. The van der Waals surface area contributed by atoms with Crippen molar-refractivity contribution < 1.29 is 9.47 Å². The first-order valence-corrected chi connectivity index (χ1v) is 8.04. The van der Waals surface area contributed by atoms with Gasteiger partial charge in [-0.3, -0.25) is 4.90 Å². The van der Waals surface area contributed by atoms with Crippen LogP contribution in [-0.2, 0) is 6.54 Å². The van der Waals surface area contributed by atoms with Gasteiger partial charge in [0.05, 0.1) is 0 Å². The molecule has 0 radical (unpaired) electrons. The molecule has 4 nitrogen and oxygen atoms in total. The van der Waals surface area contributed by atoms with Gasteiger partial charge in [0, 0.05) is 23.6 Å². The molecule has 0 bridgehead atoms. The Hall–Kier alpha value is -0.780. The summed E-state index contributed by atoms with van der Waals surface area (Å²) in [5.74, 6) is 1.72. The molecular formula is C15H21BrN2O2. The van der Waals surface area contributed by atoms with Gasteiger partial charge in [-0.2, -0.15) is 0 Å². The van der Waals surface area contributed by atoms with Crippen molar-refractivity contribution in [2.24, 2.45) is 0 Å². The minimum atomic E-state index is 0.634. The van der Waals surface area contributed by atoms with E-state index in [9.17, 15) is 0 Å². The number of rotatable bonds is 4. The topological polar surface area (TPSA) is 33.7 Å². The SMILES string of the molecule is CNCC1CCCN1Cc1cc2c(cc1Br)OCCO2. The second kappa shape index (κ2) is 6.33. The highest BCUT2D eigenvalue weighted by molar-refractivity contribution is 9.10. The third-order valence-corrected chi connectivity index (χ3v) is 4.76. The highest BCUT2D eigenvalue weighted by atomic mass is 79.9.